The van der Waals surface area contributed by atoms with Gasteiger partial charge in [-0.25, -0.2) is 4.98 Å². The van der Waals surface area contributed by atoms with E-state index in [0.29, 0.717) is 4.57 Å². The van der Waals surface area contributed by atoms with Crippen LogP contribution in [0.2, 0.25) is 0 Å². The van der Waals surface area contributed by atoms with Gasteiger partial charge in [0.15, 0.2) is 11.3 Å². The first-order valence-electron chi connectivity index (χ1n) is 8.32. The van der Waals surface area contributed by atoms with Gasteiger partial charge in [0.1, 0.15) is 12.1 Å². The minimum atomic E-state index is -4.73. The SMILES string of the molecule is CN1c2c(ncn2C(F)F)C(=O)N(CC2CCC(O)(C(F)(F)F)CC2)C1O. The van der Waals surface area contributed by atoms with Crippen molar-refractivity contribution in [2.45, 2.75) is 50.4 Å². The van der Waals surface area contributed by atoms with Crippen LogP contribution in [0.3, 0.4) is 0 Å². The monoisotopic (exact) mass is 398 g/mol. The Bertz CT molecular complexity index is 715. The second-order valence-electron chi connectivity index (χ2n) is 6.99. The number of nitrogens with zero attached hydrogens (tertiary/aromatic N) is 4. The number of carbonyl (C=O) groups excluding carboxylic acids is 1. The Balaban J connectivity index is 1.74. The number of hydrogen-bond acceptors (Lipinski definition) is 5. The van der Waals surface area contributed by atoms with Gasteiger partial charge < -0.3 is 15.1 Å². The molecule has 0 spiro atoms. The van der Waals surface area contributed by atoms with Gasteiger partial charge in [-0.1, -0.05) is 0 Å². The molecular formula is C15H19F5N4O3. The second kappa shape index (κ2) is 6.59. The first-order valence-corrected chi connectivity index (χ1v) is 8.32. The summed E-state index contributed by atoms with van der Waals surface area (Å²) in [5.74, 6) is -1.38. The molecule has 1 saturated carbocycles. The van der Waals surface area contributed by atoms with Crippen molar-refractivity contribution in [3.8, 4) is 0 Å². The molecule has 2 heterocycles. The fraction of sp³-hybridized carbons (Fsp3) is 0.733. The molecule has 1 unspecified atom stereocenters. The van der Waals surface area contributed by atoms with Crippen LogP contribution in [-0.4, -0.2) is 62.3 Å². The first kappa shape index (κ1) is 19.8. The molecule has 0 bridgehead atoms. The summed E-state index contributed by atoms with van der Waals surface area (Å²) in [5.41, 5.74) is -3.00. The smallest absolute Gasteiger partial charge is 0.380 e. The molecule has 2 N–H and O–H groups in total. The molecule has 1 aromatic heterocycles. The van der Waals surface area contributed by atoms with E-state index in [9.17, 15) is 37.0 Å². The third-order valence-corrected chi connectivity index (χ3v) is 5.32. The highest BCUT2D eigenvalue weighted by Gasteiger charge is 2.55. The number of anilines is 1. The number of amides is 1. The number of alkyl halides is 5. The Morgan fingerprint density at radius 1 is 1.33 bits per heavy atom. The Morgan fingerprint density at radius 3 is 2.44 bits per heavy atom. The average molecular weight is 398 g/mol. The van der Waals surface area contributed by atoms with Crippen molar-refractivity contribution in [1.82, 2.24) is 14.5 Å². The third kappa shape index (κ3) is 3.24. The van der Waals surface area contributed by atoms with Crippen LogP contribution in [0.25, 0.3) is 0 Å². The quantitative estimate of drug-likeness (QED) is 0.761. The average Bonchev–Trinajstić information content (AvgIpc) is 3.03. The van der Waals surface area contributed by atoms with Gasteiger partial charge in [0.2, 0.25) is 6.35 Å². The zero-order valence-electron chi connectivity index (χ0n) is 14.3. The van der Waals surface area contributed by atoms with E-state index in [1.165, 1.54) is 7.05 Å². The number of halogens is 5. The summed E-state index contributed by atoms with van der Waals surface area (Å²) in [6.07, 6.45) is -6.47. The first-order chi connectivity index (χ1) is 12.5. The zero-order chi connectivity index (χ0) is 20.1. The van der Waals surface area contributed by atoms with Crippen molar-refractivity contribution in [3.63, 3.8) is 0 Å². The van der Waals surface area contributed by atoms with Crippen LogP contribution in [0.5, 0.6) is 0 Å². The van der Waals surface area contributed by atoms with Crippen molar-refractivity contribution < 1.29 is 37.0 Å². The summed E-state index contributed by atoms with van der Waals surface area (Å²) in [7, 11) is 1.31. The fourth-order valence-electron chi connectivity index (χ4n) is 3.63. The lowest BCUT2D eigenvalue weighted by Crippen LogP contribution is -2.56. The number of aromatic nitrogens is 2. The zero-order valence-corrected chi connectivity index (χ0v) is 14.3. The van der Waals surface area contributed by atoms with Gasteiger partial charge in [-0.3, -0.25) is 14.3 Å². The van der Waals surface area contributed by atoms with Gasteiger partial charge in [-0.15, -0.1) is 0 Å². The van der Waals surface area contributed by atoms with Crippen LogP contribution in [0, 0.1) is 5.92 Å². The molecule has 3 rings (SSSR count). The maximum Gasteiger partial charge on any atom is 0.417 e. The van der Waals surface area contributed by atoms with Crippen LogP contribution in [0.15, 0.2) is 6.33 Å². The van der Waals surface area contributed by atoms with Gasteiger partial charge in [-0.2, -0.15) is 22.0 Å². The summed E-state index contributed by atoms with van der Waals surface area (Å²) in [4.78, 5) is 18.3. The van der Waals surface area contributed by atoms with E-state index in [4.69, 9.17) is 0 Å². The number of aliphatic hydroxyl groups excluding tert-OH is 1. The number of imidazole rings is 1. The highest BCUT2D eigenvalue weighted by atomic mass is 19.4. The topological polar surface area (TPSA) is 81.8 Å². The lowest BCUT2D eigenvalue weighted by Gasteiger charge is -2.43. The molecule has 1 fully saturated rings. The molecule has 1 atom stereocenters. The number of rotatable bonds is 3. The Hall–Kier alpha value is -1.95. The number of carbonyl (C=O) groups is 1. The van der Waals surface area contributed by atoms with E-state index >= 15 is 0 Å². The summed E-state index contributed by atoms with van der Waals surface area (Å²) < 4.78 is 65.2. The van der Waals surface area contributed by atoms with E-state index < -0.39 is 43.4 Å². The Labute approximate surface area is 151 Å². The summed E-state index contributed by atoms with van der Waals surface area (Å²) in [6.45, 7) is -3.02. The highest BCUT2D eigenvalue weighted by molar-refractivity contribution is 5.99. The van der Waals surface area contributed by atoms with Gasteiger partial charge in [0, 0.05) is 13.6 Å². The van der Waals surface area contributed by atoms with Crippen molar-refractivity contribution in [3.05, 3.63) is 12.0 Å². The predicted octanol–water partition coefficient (Wildman–Crippen LogP) is 1.93. The predicted molar refractivity (Wildman–Crippen MR) is 81.9 cm³/mol. The molecule has 12 heteroatoms. The lowest BCUT2D eigenvalue weighted by atomic mass is 9.78. The van der Waals surface area contributed by atoms with Crippen molar-refractivity contribution in [2.24, 2.45) is 5.92 Å². The molecule has 152 valence electrons. The van der Waals surface area contributed by atoms with Crippen LogP contribution in [-0.2, 0) is 0 Å². The molecule has 0 aromatic carbocycles. The minimum absolute atomic E-state index is 0.00849. The third-order valence-electron chi connectivity index (χ3n) is 5.32. The largest absolute Gasteiger partial charge is 0.417 e. The van der Waals surface area contributed by atoms with Gasteiger partial charge in [0.25, 0.3) is 5.91 Å². The van der Waals surface area contributed by atoms with Crippen molar-refractivity contribution >= 4 is 11.7 Å². The number of aliphatic hydroxyl groups is 2. The van der Waals surface area contributed by atoms with Crippen molar-refractivity contribution in [2.75, 3.05) is 18.5 Å². The van der Waals surface area contributed by atoms with E-state index in [2.05, 4.69) is 4.98 Å². The second-order valence-corrected chi connectivity index (χ2v) is 6.99. The van der Waals surface area contributed by atoms with Crippen LogP contribution < -0.4 is 4.90 Å². The van der Waals surface area contributed by atoms with Crippen molar-refractivity contribution in [1.29, 1.82) is 0 Å². The van der Waals surface area contributed by atoms with Crippen LogP contribution in [0.1, 0.15) is 42.7 Å². The molecule has 7 nitrogen and oxygen atoms in total. The van der Waals surface area contributed by atoms with Gasteiger partial charge >= 0.3 is 12.7 Å². The minimum Gasteiger partial charge on any atom is -0.380 e. The Morgan fingerprint density at radius 2 is 1.93 bits per heavy atom. The standard InChI is InChI=1S/C15H19F5N4O3/c1-22-10-9(21-7-24(10)12(16)17)11(25)23(13(22)26)6-8-2-4-14(27,5-3-8)15(18,19)20/h7-8,12-13,26-27H,2-6H2,1H3. The summed E-state index contributed by atoms with van der Waals surface area (Å²) in [6, 6.07) is 0. The summed E-state index contributed by atoms with van der Waals surface area (Å²) >= 11 is 0. The van der Waals surface area contributed by atoms with E-state index in [1.54, 1.807) is 0 Å². The van der Waals surface area contributed by atoms with Gasteiger partial charge in [-0.05, 0) is 31.6 Å². The fourth-order valence-corrected chi connectivity index (χ4v) is 3.63. The normalized spacial score (nSPS) is 29.4. The van der Waals surface area contributed by atoms with Crippen LogP contribution in [0.4, 0.5) is 27.8 Å². The Kier molecular flexibility index (Phi) is 4.83. The number of fused-ring (bicyclic) bond motifs is 1. The van der Waals surface area contributed by atoms with Crippen LogP contribution >= 0.6 is 0 Å². The molecule has 1 amide bonds. The molecule has 0 radical (unpaired) electrons. The highest BCUT2D eigenvalue weighted by Crippen LogP contribution is 2.43. The molecule has 1 aliphatic heterocycles. The van der Waals surface area contributed by atoms with E-state index in [1.807, 2.05) is 0 Å². The summed E-state index contributed by atoms with van der Waals surface area (Å²) in [5, 5.41) is 20.1. The molecular weight excluding hydrogens is 379 g/mol. The maximum atomic E-state index is 13.0. The maximum absolute atomic E-state index is 13.0. The molecule has 27 heavy (non-hydrogen) atoms. The van der Waals surface area contributed by atoms with Gasteiger partial charge in [0.05, 0.1) is 0 Å². The van der Waals surface area contributed by atoms with E-state index in [-0.39, 0.29) is 36.8 Å². The molecule has 2 aliphatic rings. The molecule has 1 aromatic rings. The molecule has 1 aliphatic carbocycles. The van der Waals surface area contributed by atoms with E-state index in [0.717, 1.165) is 16.1 Å². The molecule has 0 saturated heterocycles. The number of hydrogen-bond donors (Lipinski definition) is 2. The lowest BCUT2D eigenvalue weighted by molar-refractivity contribution is -0.272.